The summed E-state index contributed by atoms with van der Waals surface area (Å²) in [5.74, 6) is 1.97. The predicted molar refractivity (Wildman–Crippen MR) is 68.4 cm³/mol. The van der Waals surface area contributed by atoms with Gasteiger partial charge in [0.25, 0.3) is 0 Å². The molecule has 0 aromatic carbocycles. The Morgan fingerprint density at radius 3 is 3.06 bits per heavy atom. The molecule has 0 fully saturated rings. The standard InChI is InChI=1S/C12H19ClN2O/c1-10(9-13)4-3-6-14-11-5-7-15-12(8-11)16-2/h5,7-8,10H,3-4,6,9H2,1-2H3,(H,14,15). The Labute approximate surface area is 102 Å². The van der Waals surface area contributed by atoms with Crippen LogP contribution in [0.15, 0.2) is 18.3 Å². The Hall–Kier alpha value is -0.960. The van der Waals surface area contributed by atoms with E-state index in [4.69, 9.17) is 16.3 Å². The molecule has 1 aromatic heterocycles. The number of pyridine rings is 1. The van der Waals surface area contributed by atoms with Crippen molar-refractivity contribution in [2.45, 2.75) is 19.8 Å². The average molecular weight is 243 g/mol. The monoisotopic (exact) mass is 242 g/mol. The van der Waals surface area contributed by atoms with Crippen molar-refractivity contribution >= 4 is 17.3 Å². The van der Waals surface area contributed by atoms with Crippen LogP contribution < -0.4 is 10.1 Å². The molecule has 0 spiro atoms. The molecule has 0 aliphatic carbocycles. The third-order valence-electron chi connectivity index (χ3n) is 2.41. The quantitative estimate of drug-likeness (QED) is 0.589. The van der Waals surface area contributed by atoms with Gasteiger partial charge in [0.05, 0.1) is 7.11 Å². The zero-order valence-corrected chi connectivity index (χ0v) is 10.6. The first-order chi connectivity index (χ1) is 7.76. The number of hydrogen-bond acceptors (Lipinski definition) is 3. The molecule has 0 radical (unpaired) electrons. The van der Waals surface area contributed by atoms with E-state index >= 15 is 0 Å². The van der Waals surface area contributed by atoms with Gasteiger partial charge in [-0.2, -0.15) is 0 Å². The van der Waals surface area contributed by atoms with E-state index in [2.05, 4.69) is 17.2 Å². The fourth-order valence-corrected chi connectivity index (χ4v) is 1.55. The molecule has 1 unspecified atom stereocenters. The third kappa shape index (κ3) is 4.71. The maximum Gasteiger partial charge on any atom is 0.214 e. The van der Waals surface area contributed by atoms with Crippen molar-refractivity contribution in [3.8, 4) is 5.88 Å². The van der Waals surface area contributed by atoms with Gasteiger partial charge in [-0.3, -0.25) is 0 Å². The van der Waals surface area contributed by atoms with Crippen molar-refractivity contribution < 1.29 is 4.74 Å². The van der Waals surface area contributed by atoms with Crippen molar-refractivity contribution in [3.63, 3.8) is 0 Å². The summed E-state index contributed by atoms with van der Waals surface area (Å²) in [5.41, 5.74) is 1.05. The van der Waals surface area contributed by atoms with Crippen LogP contribution in [0.1, 0.15) is 19.8 Å². The van der Waals surface area contributed by atoms with E-state index in [9.17, 15) is 0 Å². The maximum absolute atomic E-state index is 5.74. The topological polar surface area (TPSA) is 34.1 Å². The molecule has 0 bridgehead atoms. The van der Waals surface area contributed by atoms with Gasteiger partial charge in [-0.05, 0) is 24.8 Å². The van der Waals surface area contributed by atoms with Gasteiger partial charge < -0.3 is 10.1 Å². The number of rotatable bonds is 7. The lowest BCUT2D eigenvalue weighted by Gasteiger charge is -2.09. The highest BCUT2D eigenvalue weighted by atomic mass is 35.5. The van der Waals surface area contributed by atoms with E-state index in [0.717, 1.165) is 31.0 Å². The summed E-state index contributed by atoms with van der Waals surface area (Å²) >= 11 is 5.74. The molecule has 1 N–H and O–H groups in total. The highest BCUT2D eigenvalue weighted by Gasteiger charge is 2.00. The molecule has 0 amide bonds. The van der Waals surface area contributed by atoms with Crippen LogP contribution in [0.5, 0.6) is 5.88 Å². The highest BCUT2D eigenvalue weighted by molar-refractivity contribution is 6.18. The summed E-state index contributed by atoms with van der Waals surface area (Å²) in [6, 6.07) is 3.83. The van der Waals surface area contributed by atoms with Gasteiger partial charge in [-0.25, -0.2) is 4.98 Å². The number of anilines is 1. The van der Waals surface area contributed by atoms with E-state index in [-0.39, 0.29) is 0 Å². The molecular weight excluding hydrogens is 224 g/mol. The third-order valence-corrected chi connectivity index (χ3v) is 2.94. The van der Waals surface area contributed by atoms with Crippen molar-refractivity contribution in [1.82, 2.24) is 4.98 Å². The molecule has 0 saturated carbocycles. The van der Waals surface area contributed by atoms with Crippen LogP contribution in [-0.2, 0) is 0 Å². The van der Waals surface area contributed by atoms with Crippen LogP contribution in [-0.4, -0.2) is 24.5 Å². The Morgan fingerprint density at radius 2 is 2.38 bits per heavy atom. The number of hydrogen-bond donors (Lipinski definition) is 1. The van der Waals surface area contributed by atoms with Crippen molar-refractivity contribution in [1.29, 1.82) is 0 Å². The van der Waals surface area contributed by atoms with Crippen LogP contribution in [0, 0.1) is 5.92 Å². The molecule has 1 rings (SSSR count). The summed E-state index contributed by atoms with van der Waals surface area (Å²) < 4.78 is 5.05. The number of halogens is 1. The van der Waals surface area contributed by atoms with Crippen molar-refractivity contribution in [2.75, 3.05) is 24.9 Å². The summed E-state index contributed by atoms with van der Waals surface area (Å²) in [4.78, 5) is 4.05. The second-order valence-electron chi connectivity index (χ2n) is 3.92. The van der Waals surface area contributed by atoms with E-state index in [1.54, 1.807) is 13.3 Å². The molecule has 1 heterocycles. The predicted octanol–water partition coefficient (Wildman–Crippen LogP) is 3.16. The number of methoxy groups -OCH3 is 1. The maximum atomic E-state index is 5.74. The zero-order chi connectivity index (χ0) is 11.8. The number of alkyl halides is 1. The first-order valence-corrected chi connectivity index (χ1v) is 6.09. The normalized spacial score (nSPS) is 12.2. The molecule has 0 aliphatic heterocycles. The smallest absolute Gasteiger partial charge is 0.214 e. The molecule has 3 nitrogen and oxygen atoms in total. The molecule has 4 heteroatoms. The minimum Gasteiger partial charge on any atom is -0.481 e. The molecule has 90 valence electrons. The summed E-state index contributed by atoms with van der Waals surface area (Å²) in [6.45, 7) is 3.12. The largest absolute Gasteiger partial charge is 0.481 e. The van der Waals surface area contributed by atoms with Crippen LogP contribution in [0.25, 0.3) is 0 Å². The van der Waals surface area contributed by atoms with Gasteiger partial charge in [0.15, 0.2) is 0 Å². The van der Waals surface area contributed by atoms with Crippen LogP contribution in [0.3, 0.4) is 0 Å². The van der Waals surface area contributed by atoms with Crippen molar-refractivity contribution in [2.24, 2.45) is 5.92 Å². The Bertz CT molecular complexity index is 307. The molecule has 0 saturated heterocycles. The van der Waals surface area contributed by atoms with Gasteiger partial charge in [0.1, 0.15) is 0 Å². The number of aromatic nitrogens is 1. The fourth-order valence-electron chi connectivity index (χ4n) is 1.39. The lowest BCUT2D eigenvalue weighted by molar-refractivity contribution is 0.398. The second kappa shape index (κ2) is 7.34. The lowest BCUT2D eigenvalue weighted by Crippen LogP contribution is -2.05. The molecule has 1 atom stereocenters. The van der Waals surface area contributed by atoms with Crippen LogP contribution in [0.4, 0.5) is 5.69 Å². The van der Waals surface area contributed by atoms with E-state index in [0.29, 0.717) is 11.8 Å². The van der Waals surface area contributed by atoms with Crippen molar-refractivity contribution in [3.05, 3.63) is 18.3 Å². The molecule has 1 aromatic rings. The minimum absolute atomic E-state index is 0.593. The van der Waals surface area contributed by atoms with Crippen LogP contribution >= 0.6 is 11.6 Å². The Kier molecular flexibility index (Phi) is 6.01. The summed E-state index contributed by atoms with van der Waals surface area (Å²) in [5, 5.41) is 3.34. The number of nitrogens with one attached hydrogen (secondary N) is 1. The first kappa shape index (κ1) is 13.1. The van der Waals surface area contributed by atoms with Gasteiger partial charge >= 0.3 is 0 Å². The van der Waals surface area contributed by atoms with Crippen LogP contribution in [0.2, 0.25) is 0 Å². The number of ether oxygens (including phenoxy) is 1. The zero-order valence-electron chi connectivity index (χ0n) is 9.87. The molecule has 16 heavy (non-hydrogen) atoms. The Balaban J connectivity index is 2.26. The van der Waals surface area contributed by atoms with Gasteiger partial charge in [0.2, 0.25) is 5.88 Å². The second-order valence-corrected chi connectivity index (χ2v) is 4.22. The minimum atomic E-state index is 0.593. The Morgan fingerprint density at radius 1 is 1.56 bits per heavy atom. The van der Waals surface area contributed by atoms with Gasteiger partial charge in [-0.1, -0.05) is 6.92 Å². The van der Waals surface area contributed by atoms with Gasteiger partial charge in [0, 0.05) is 30.4 Å². The van der Waals surface area contributed by atoms with E-state index in [1.165, 1.54) is 0 Å². The van der Waals surface area contributed by atoms with Gasteiger partial charge in [-0.15, -0.1) is 11.6 Å². The summed E-state index contributed by atoms with van der Waals surface area (Å²) in [6.07, 6.45) is 4.01. The molecular formula is C12H19ClN2O. The highest BCUT2D eigenvalue weighted by Crippen LogP contribution is 2.14. The number of nitrogens with zero attached hydrogens (tertiary/aromatic N) is 1. The fraction of sp³-hybridized carbons (Fsp3) is 0.583. The van der Waals surface area contributed by atoms with E-state index < -0.39 is 0 Å². The summed E-state index contributed by atoms with van der Waals surface area (Å²) in [7, 11) is 1.62. The van der Waals surface area contributed by atoms with E-state index in [1.807, 2.05) is 12.1 Å². The molecule has 0 aliphatic rings. The average Bonchev–Trinajstić information content (AvgIpc) is 2.34. The SMILES string of the molecule is COc1cc(NCCCC(C)CCl)ccn1. The first-order valence-electron chi connectivity index (χ1n) is 5.56. The lowest BCUT2D eigenvalue weighted by atomic mass is 10.1.